The highest BCUT2D eigenvalue weighted by atomic mass is 16.7. The summed E-state index contributed by atoms with van der Waals surface area (Å²) in [5.74, 6) is -10.2. The Morgan fingerprint density at radius 1 is 0.763 bits per heavy atom. The zero-order valence-electron chi connectivity index (χ0n) is 35.5. The van der Waals surface area contributed by atoms with E-state index in [-0.39, 0.29) is 18.1 Å². The second-order valence-corrected chi connectivity index (χ2v) is 16.8. The quantitative estimate of drug-likeness (QED) is 0.180. The van der Waals surface area contributed by atoms with Crippen LogP contribution in [0.3, 0.4) is 0 Å². The number of benzene rings is 1. The van der Waals surface area contributed by atoms with E-state index in [1.165, 1.54) is 32.1 Å². The molecule has 1 aromatic carbocycles. The second kappa shape index (κ2) is 18.0. The predicted octanol–water partition coefficient (Wildman–Crippen LogP) is 4.57. The standard InChI is InChI=1S/C43H56O16/c1-23(2)21-52-38-33(53-25(4)44)37(55-27(6)46)40(9,10)19-17-24(3)34(50)43(58-29(8)48)22-41(11,57-28(7)47)35(54-26(5)45)32(43)36-42(38,20-18-31(49)56-36)59-39(51)30-15-13-12-14-16-30/h12-17,19,23-24,32-33,35-38H,18,20-22H2,1-11H3. The molecule has 0 aromatic heterocycles. The zero-order valence-corrected chi connectivity index (χ0v) is 35.5. The number of carbonyl (C=O) groups is 8. The lowest BCUT2D eigenvalue weighted by Gasteiger charge is -2.54. The van der Waals surface area contributed by atoms with Crippen LogP contribution in [0, 0.1) is 23.2 Å². The molecular weight excluding hydrogens is 772 g/mol. The normalized spacial score (nSPS) is 32.8. The monoisotopic (exact) mass is 828 g/mol. The molecule has 1 aliphatic heterocycles. The second-order valence-electron chi connectivity index (χ2n) is 16.8. The summed E-state index contributed by atoms with van der Waals surface area (Å²) in [6.07, 6.45) is -6.93. The maximum atomic E-state index is 15.3. The number of hydrogen-bond donors (Lipinski definition) is 0. The van der Waals surface area contributed by atoms with Crippen LogP contribution in [-0.4, -0.2) is 101 Å². The number of carbonyl (C=O) groups excluding carboxylic acids is 8. The minimum absolute atomic E-state index is 0.0266. The van der Waals surface area contributed by atoms with Crippen molar-refractivity contribution in [3.05, 3.63) is 48.0 Å². The molecule has 0 radical (unpaired) electrons. The van der Waals surface area contributed by atoms with Crippen LogP contribution in [0.25, 0.3) is 0 Å². The molecule has 59 heavy (non-hydrogen) atoms. The van der Waals surface area contributed by atoms with Gasteiger partial charge in [0.15, 0.2) is 40.9 Å². The van der Waals surface area contributed by atoms with E-state index in [4.69, 9.17) is 37.9 Å². The zero-order chi connectivity index (χ0) is 44.2. The fraction of sp³-hybridized carbons (Fsp3) is 0.628. The lowest BCUT2D eigenvalue weighted by Crippen LogP contribution is -2.72. The first-order chi connectivity index (χ1) is 27.4. The Hall–Kier alpha value is -5.12. The molecular formula is C43H56O16. The first kappa shape index (κ1) is 46.6. The minimum atomic E-state index is -2.44. The SMILES string of the molecule is CC(=O)OC1C(OC(C)=O)C(C)(C)C=CC(C)C(=O)C2(OC(C)=O)CC(C)(OC(C)=O)C(OC(C)=O)C2C2OC(=O)CCC2(OC(=O)c2ccccc2)C1OCC(C)C. The van der Waals surface area contributed by atoms with E-state index in [0.717, 1.165) is 34.6 Å². The number of hydrogen-bond acceptors (Lipinski definition) is 16. The Morgan fingerprint density at radius 2 is 1.34 bits per heavy atom. The molecule has 1 saturated heterocycles. The van der Waals surface area contributed by atoms with Crippen molar-refractivity contribution in [2.75, 3.05) is 6.61 Å². The average molecular weight is 829 g/mol. The van der Waals surface area contributed by atoms with Gasteiger partial charge in [-0.2, -0.15) is 0 Å². The van der Waals surface area contributed by atoms with Gasteiger partial charge >= 0.3 is 41.8 Å². The molecule has 0 N–H and O–H groups in total. The van der Waals surface area contributed by atoms with E-state index in [1.54, 1.807) is 38.1 Å². The van der Waals surface area contributed by atoms with E-state index >= 15 is 4.79 Å². The lowest BCUT2D eigenvalue weighted by molar-refractivity contribution is -0.269. The molecule has 10 atom stereocenters. The molecule has 16 nitrogen and oxygen atoms in total. The number of ether oxygens (including phenoxy) is 8. The first-order valence-corrected chi connectivity index (χ1v) is 19.6. The van der Waals surface area contributed by atoms with E-state index in [9.17, 15) is 33.6 Å². The molecule has 324 valence electrons. The smallest absolute Gasteiger partial charge is 0.338 e. The molecule has 1 heterocycles. The van der Waals surface area contributed by atoms with E-state index in [0.29, 0.717) is 0 Å². The first-order valence-electron chi connectivity index (χ1n) is 19.6. The summed E-state index contributed by atoms with van der Waals surface area (Å²) < 4.78 is 49.6. The summed E-state index contributed by atoms with van der Waals surface area (Å²) in [7, 11) is 0. The van der Waals surface area contributed by atoms with Crippen molar-refractivity contribution in [2.45, 2.75) is 143 Å². The molecule has 16 heteroatoms. The molecule has 3 aliphatic rings. The summed E-state index contributed by atoms with van der Waals surface area (Å²) in [5.41, 5.74) is -8.03. The highest BCUT2D eigenvalue weighted by Crippen LogP contribution is 2.57. The van der Waals surface area contributed by atoms with Crippen molar-refractivity contribution in [3.63, 3.8) is 0 Å². The maximum absolute atomic E-state index is 15.3. The van der Waals surface area contributed by atoms with Crippen LogP contribution in [0.4, 0.5) is 0 Å². The number of esters is 7. The van der Waals surface area contributed by atoms with Crippen molar-refractivity contribution < 1.29 is 76.3 Å². The molecule has 0 bridgehead atoms. The molecule has 2 fully saturated rings. The molecule has 1 saturated carbocycles. The molecule has 2 aliphatic carbocycles. The third-order valence-electron chi connectivity index (χ3n) is 10.8. The Morgan fingerprint density at radius 3 is 1.88 bits per heavy atom. The molecule has 10 unspecified atom stereocenters. The molecule has 4 rings (SSSR count). The van der Waals surface area contributed by atoms with Crippen LogP contribution < -0.4 is 0 Å². The topological polar surface area (TPSA) is 210 Å². The van der Waals surface area contributed by atoms with Gasteiger partial charge in [0.05, 0.1) is 11.5 Å². The fourth-order valence-corrected chi connectivity index (χ4v) is 8.69. The van der Waals surface area contributed by atoms with Crippen LogP contribution in [-0.2, 0) is 71.5 Å². The van der Waals surface area contributed by atoms with Gasteiger partial charge in [-0.05, 0) is 25.0 Å². The Kier molecular flexibility index (Phi) is 14.2. The highest BCUT2D eigenvalue weighted by Gasteiger charge is 2.76. The minimum Gasteiger partial charge on any atom is -0.458 e. The van der Waals surface area contributed by atoms with Crippen molar-refractivity contribution in [1.29, 1.82) is 0 Å². The van der Waals surface area contributed by atoms with E-state index in [2.05, 4.69) is 0 Å². The Labute approximate surface area is 343 Å². The molecule has 0 spiro atoms. The van der Waals surface area contributed by atoms with Crippen molar-refractivity contribution in [3.8, 4) is 0 Å². The molecule has 0 amide bonds. The number of rotatable bonds is 10. The van der Waals surface area contributed by atoms with E-state index in [1.807, 2.05) is 13.8 Å². The largest absolute Gasteiger partial charge is 0.458 e. The summed E-state index contributed by atoms with van der Waals surface area (Å²) in [4.78, 5) is 109. The van der Waals surface area contributed by atoms with Crippen molar-refractivity contribution >= 4 is 47.6 Å². The van der Waals surface area contributed by atoms with Gasteiger partial charge in [0.2, 0.25) is 0 Å². The number of allylic oxidation sites excluding steroid dienone is 1. The van der Waals surface area contributed by atoms with Crippen LogP contribution in [0.5, 0.6) is 0 Å². The lowest BCUT2D eigenvalue weighted by atomic mass is 9.66. The van der Waals surface area contributed by atoms with Crippen molar-refractivity contribution in [2.24, 2.45) is 23.2 Å². The number of Topliss-reactive ketones (excluding diaryl/α,β-unsaturated/α-hetero) is 1. The van der Waals surface area contributed by atoms with Crippen LogP contribution >= 0.6 is 0 Å². The Balaban J connectivity index is 2.31. The van der Waals surface area contributed by atoms with Gasteiger partial charge < -0.3 is 37.9 Å². The van der Waals surface area contributed by atoms with Gasteiger partial charge in [0.25, 0.3) is 0 Å². The van der Waals surface area contributed by atoms with Crippen LogP contribution in [0.15, 0.2) is 42.5 Å². The Bertz CT molecular complexity index is 1830. The predicted molar refractivity (Wildman–Crippen MR) is 205 cm³/mol. The third-order valence-corrected chi connectivity index (χ3v) is 10.8. The van der Waals surface area contributed by atoms with Gasteiger partial charge in [-0.3, -0.25) is 33.6 Å². The van der Waals surface area contributed by atoms with Crippen molar-refractivity contribution in [1.82, 2.24) is 0 Å². The van der Waals surface area contributed by atoms with Gasteiger partial charge in [-0.15, -0.1) is 0 Å². The summed E-state index contributed by atoms with van der Waals surface area (Å²) in [6, 6.07) is 7.75. The summed E-state index contributed by atoms with van der Waals surface area (Å²) >= 11 is 0. The highest BCUT2D eigenvalue weighted by molar-refractivity contribution is 5.94. The van der Waals surface area contributed by atoms with Gasteiger partial charge in [0, 0.05) is 71.8 Å². The number of fused-ring (bicyclic) bond motifs is 3. The maximum Gasteiger partial charge on any atom is 0.338 e. The van der Waals surface area contributed by atoms with Gasteiger partial charge in [-0.1, -0.05) is 65.0 Å². The fourth-order valence-electron chi connectivity index (χ4n) is 8.69. The van der Waals surface area contributed by atoms with E-state index < -0.39 is 131 Å². The van der Waals surface area contributed by atoms with Gasteiger partial charge in [-0.25, -0.2) is 4.79 Å². The third kappa shape index (κ3) is 10.0. The number of ketones is 1. The van der Waals surface area contributed by atoms with Crippen LogP contribution in [0.1, 0.15) is 106 Å². The summed E-state index contributed by atoms with van der Waals surface area (Å²) in [6.45, 7) is 15.2. The molecule has 1 aromatic rings. The summed E-state index contributed by atoms with van der Waals surface area (Å²) in [5, 5.41) is 0. The van der Waals surface area contributed by atoms with Crippen LogP contribution in [0.2, 0.25) is 0 Å². The van der Waals surface area contributed by atoms with Gasteiger partial charge in [0.1, 0.15) is 12.2 Å². The average Bonchev–Trinajstić information content (AvgIpc) is 3.34.